The fraction of sp³-hybridized carbons (Fsp3) is 0.444. The first-order valence-corrected chi connectivity index (χ1v) is 13.0. The second-order valence-corrected chi connectivity index (χ2v) is 10.1. The predicted molar refractivity (Wildman–Crippen MR) is 143 cm³/mol. The van der Waals surface area contributed by atoms with Gasteiger partial charge in [0, 0.05) is 57.6 Å². The molecule has 1 saturated heterocycles. The van der Waals surface area contributed by atoms with Crippen molar-refractivity contribution >= 4 is 39.9 Å². The molecule has 36 heavy (non-hydrogen) atoms. The lowest BCUT2D eigenvalue weighted by Gasteiger charge is -2.27. The number of carbonyl (C=O) groups excluding carboxylic acids is 2. The number of thiophene rings is 1. The zero-order valence-electron chi connectivity index (χ0n) is 21.7. The first kappa shape index (κ1) is 25.8. The summed E-state index contributed by atoms with van der Waals surface area (Å²) in [4.78, 5) is 37.1. The van der Waals surface area contributed by atoms with Crippen molar-refractivity contribution in [2.24, 2.45) is 0 Å². The van der Waals surface area contributed by atoms with E-state index in [1.165, 1.54) is 11.3 Å². The highest BCUT2D eigenvalue weighted by molar-refractivity contribution is 7.12. The summed E-state index contributed by atoms with van der Waals surface area (Å²) in [5.74, 6) is 2.33. The molecule has 2 amide bonds. The van der Waals surface area contributed by atoms with E-state index in [2.05, 4.69) is 0 Å². The lowest BCUT2D eigenvalue weighted by molar-refractivity contribution is -0.127. The van der Waals surface area contributed by atoms with E-state index in [1.54, 1.807) is 14.2 Å². The third-order valence-corrected chi connectivity index (χ3v) is 7.56. The molecule has 0 spiro atoms. The maximum absolute atomic E-state index is 13.7. The highest BCUT2D eigenvalue weighted by Crippen LogP contribution is 2.35. The number of ether oxygens (including phenoxy) is 2. The second kappa shape index (κ2) is 11.2. The number of rotatable bonds is 10. The molecule has 0 atom stereocenters. The molecule has 0 aliphatic carbocycles. The lowest BCUT2D eigenvalue weighted by atomic mass is 10.1. The molecule has 0 unspecified atom stereocenters. The number of fused-ring (bicyclic) bond motifs is 1. The van der Waals surface area contributed by atoms with Crippen LogP contribution >= 0.6 is 11.3 Å². The Bertz CT molecular complexity index is 1260. The normalized spacial score (nSPS) is 13.4. The third-order valence-electron chi connectivity index (χ3n) is 6.56. The lowest BCUT2D eigenvalue weighted by Crippen LogP contribution is -2.35. The molecule has 0 N–H and O–H groups in total. The van der Waals surface area contributed by atoms with Crippen LogP contribution in [0.4, 0.5) is 5.82 Å². The van der Waals surface area contributed by atoms with Crippen LogP contribution in [-0.2, 0) is 11.3 Å². The monoisotopic (exact) mass is 510 g/mol. The highest BCUT2D eigenvalue weighted by Gasteiger charge is 2.24. The first-order valence-electron chi connectivity index (χ1n) is 12.2. The zero-order chi connectivity index (χ0) is 25.8. The molecule has 9 heteroatoms. The molecule has 1 aliphatic heterocycles. The smallest absolute Gasteiger partial charge is 0.264 e. The van der Waals surface area contributed by atoms with E-state index in [9.17, 15) is 9.59 Å². The largest absolute Gasteiger partial charge is 0.496 e. The summed E-state index contributed by atoms with van der Waals surface area (Å²) < 4.78 is 11.2. The molecular weight excluding hydrogens is 476 g/mol. The molecule has 1 fully saturated rings. The van der Waals surface area contributed by atoms with Crippen LogP contribution in [0.2, 0.25) is 0 Å². The molecule has 192 valence electrons. The van der Waals surface area contributed by atoms with Crippen molar-refractivity contribution < 1.29 is 19.1 Å². The van der Waals surface area contributed by atoms with Gasteiger partial charge in [-0.25, -0.2) is 4.98 Å². The number of hydrogen-bond acceptors (Lipinski definition) is 7. The van der Waals surface area contributed by atoms with Gasteiger partial charge in [0.25, 0.3) is 5.91 Å². The quantitative estimate of drug-likeness (QED) is 0.404. The molecule has 1 aliphatic rings. The molecule has 3 heterocycles. The van der Waals surface area contributed by atoms with E-state index >= 15 is 0 Å². The van der Waals surface area contributed by atoms with Gasteiger partial charge in [-0.2, -0.15) is 0 Å². The minimum absolute atomic E-state index is 0.00217. The Hall–Kier alpha value is -3.33. The van der Waals surface area contributed by atoms with E-state index in [0.717, 1.165) is 46.6 Å². The Morgan fingerprint density at radius 3 is 2.53 bits per heavy atom. The van der Waals surface area contributed by atoms with Crippen molar-refractivity contribution in [3.05, 3.63) is 45.6 Å². The number of amides is 2. The van der Waals surface area contributed by atoms with Crippen LogP contribution < -0.4 is 14.4 Å². The number of aromatic nitrogens is 1. The van der Waals surface area contributed by atoms with E-state index in [0.29, 0.717) is 43.1 Å². The summed E-state index contributed by atoms with van der Waals surface area (Å²) in [6.07, 6.45) is 2.25. The molecule has 3 aromatic rings. The molecule has 0 saturated carbocycles. The van der Waals surface area contributed by atoms with Crippen molar-refractivity contribution in [3.63, 3.8) is 0 Å². The predicted octanol–water partition coefficient (Wildman–Crippen LogP) is 4.34. The Balaban J connectivity index is 1.69. The van der Waals surface area contributed by atoms with Gasteiger partial charge in [0.1, 0.15) is 22.8 Å². The molecule has 8 nitrogen and oxygen atoms in total. The fourth-order valence-electron chi connectivity index (χ4n) is 4.67. The van der Waals surface area contributed by atoms with Crippen molar-refractivity contribution in [1.82, 2.24) is 14.8 Å². The molecule has 2 aromatic heterocycles. The number of carbonyl (C=O) groups is 2. The number of likely N-dealkylation sites (tertiary alicyclic amines) is 1. The van der Waals surface area contributed by atoms with E-state index in [4.69, 9.17) is 14.5 Å². The number of pyridine rings is 1. The standard InChI is InChI=1S/C27H34N4O4S/c1-18-11-15-36-25(18)27(33)31(14-7-13-30-12-6-8-23(30)32)17-19-16-20-21(34-4)9-10-22(35-5)24(20)28-26(19)29(2)3/h9-11,15-16H,6-8,12-14,17H2,1-5H3. The van der Waals surface area contributed by atoms with Crippen LogP contribution in [0.15, 0.2) is 29.6 Å². The maximum Gasteiger partial charge on any atom is 0.264 e. The van der Waals surface area contributed by atoms with Gasteiger partial charge in [-0.1, -0.05) is 0 Å². The van der Waals surface area contributed by atoms with Gasteiger partial charge in [0.05, 0.1) is 19.1 Å². The van der Waals surface area contributed by atoms with Crippen LogP contribution in [0.25, 0.3) is 10.9 Å². The Labute approximate surface area is 216 Å². The van der Waals surface area contributed by atoms with Crippen molar-refractivity contribution in [2.45, 2.75) is 32.7 Å². The van der Waals surface area contributed by atoms with Gasteiger partial charge >= 0.3 is 0 Å². The number of aryl methyl sites for hydroxylation is 1. The van der Waals surface area contributed by atoms with E-state index in [-0.39, 0.29) is 11.8 Å². The Morgan fingerprint density at radius 1 is 1.17 bits per heavy atom. The number of nitrogens with zero attached hydrogens (tertiary/aromatic N) is 4. The Kier molecular flexibility index (Phi) is 7.98. The number of anilines is 1. The van der Waals surface area contributed by atoms with E-state index in [1.807, 2.05) is 65.4 Å². The molecule has 1 aromatic carbocycles. The van der Waals surface area contributed by atoms with Gasteiger partial charge in [0.2, 0.25) is 5.91 Å². The molecule has 0 bridgehead atoms. The molecule has 4 rings (SSSR count). The summed E-state index contributed by atoms with van der Waals surface area (Å²) in [5.41, 5.74) is 2.60. The molecule has 0 radical (unpaired) electrons. The zero-order valence-corrected chi connectivity index (χ0v) is 22.5. The first-order chi connectivity index (χ1) is 17.3. The van der Waals surface area contributed by atoms with Crippen LogP contribution in [0, 0.1) is 6.92 Å². The van der Waals surface area contributed by atoms with Gasteiger partial charge in [-0.15, -0.1) is 11.3 Å². The van der Waals surface area contributed by atoms with Crippen molar-refractivity contribution in [1.29, 1.82) is 0 Å². The van der Waals surface area contributed by atoms with Crippen molar-refractivity contribution in [3.8, 4) is 11.5 Å². The Morgan fingerprint density at radius 2 is 1.92 bits per heavy atom. The van der Waals surface area contributed by atoms with Gasteiger partial charge in [-0.3, -0.25) is 9.59 Å². The van der Waals surface area contributed by atoms with Crippen LogP contribution in [-0.4, -0.2) is 74.5 Å². The average Bonchev–Trinajstić information content (AvgIpc) is 3.49. The summed E-state index contributed by atoms with van der Waals surface area (Å²) in [6.45, 7) is 4.36. The molecular formula is C27H34N4O4S. The van der Waals surface area contributed by atoms with E-state index < -0.39 is 0 Å². The summed E-state index contributed by atoms with van der Waals surface area (Å²) >= 11 is 1.46. The highest BCUT2D eigenvalue weighted by atomic mass is 32.1. The second-order valence-electron chi connectivity index (χ2n) is 9.23. The van der Waals surface area contributed by atoms with Crippen molar-refractivity contribution in [2.75, 3.05) is 52.8 Å². The summed E-state index contributed by atoms with van der Waals surface area (Å²) in [7, 11) is 7.15. The van der Waals surface area contributed by atoms with Gasteiger partial charge in [-0.05, 0) is 55.0 Å². The number of benzene rings is 1. The maximum atomic E-state index is 13.7. The van der Waals surface area contributed by atoms with Gasteiger partial charge in [0.15, 0.2) is 0 Å². The number of hydrogen-bond donors (Lipinski definition) is 0. The third kappa shape index (κ3) is 5.26. The van der Waals surface area contributed by atoms with Crippen LogP contribution in [0.5, 0.6) is 11.5 Å². The SMILES string of the molecule is COc1ccc(OC)c2nc(N(C)C)c(CN(CCCN3CCCC3=O)C(=O)c3sccc3C)cc12. The minimum atomic E-state index is -0.00217. The average molecular weight is 511 g/mol. The number of methoxy groups -OCH3 is 2. The van der Waals surface area contributed by atoms with Gasteiger partial charge < -0.3 is 24.2 Å². The fourth-order valence-corrected chi connectivity index (χ4v) is 5.57. The van der Waals surface area contributed by atoms with Crippen LogP contribution in [0.1, 0.15) is 40.1 Å². The topological polar surface area (TPSA) is 75.2 Å². The summed E-state index contributed by atoms with van der Waals surface area (Å²) in [6, 6.07) is 7.73. The summed E-state index contributed by atoms with van der Waals surface area (Å²) in [5, 5.41) is 2.78. The minimum Gasteiger partial charge on any atom is -0.496 e. The van der Waals surface area contributed by atoms with Crippen LogP contribution in [0.3, 0.4) is 0 Å².